The summed E-state index contributed by atoms with van der Waals surface area (Å²) >= 11 is 0. The van der Waals surface area contributed by atoms with Gasteiger partial charge in [0.25, 0.3) is 0 Å². The Hall–Kier alpha value is 0.274. The Kier molecular flexibility index (Phi) is 9.39. The normalized spacial score (nSPS) is 18.9. The first-order valence-electron chi connectivity index (χ1n) is 6.17. The Morgan fingerprint density at radius 2 is 1.82 bits per heavy atom. The molecular weight excluding hydrogens is 252 g/mol. The van der Waals surface area contributed by atoms with Gasteiger partial charge in [0.2, 0.25) is 0 Å². The van der Waals surface area contributed by atoms with E-state index in [-0.39, 0.29) is 11.0 Å². The third-order valence-corrected chi connectivity index (χ3v) is 5.59. The first-order valence-corrected chi connectivity index (χ1v) is 8.70. The van der Waals surface area contributed by atoms with Gasteiger partial charge in [-0.25, -0.2) is 0 Å². The molecule has 1 heterocycles. The lowest BCUT2D eigenvalue weighted by molar-refractivity contribution is 0.113. The molecule has 0 amide bonds. The molecule has 0 aromatic rings. The standard InChI is InChI=1S/C11H24O4Si.H4Si/c1-4-14-16(3,15-5-2)8-6-7-12-9-11-10-13-11;/h11H,4-10H2,1-3H3;1H4. The van der Waals surface area contributed by atoms with Crippen molar-refractivity contribution in [2.75, 3.05) is 33.0 Å². The van der Waals surface area contributed by atoms with Crippen molar-refractivity contribution < 1.29 is 18.3 Å². The molecule has 1 unspecified atom stereocenters. The number of hydrogen-bond donors (Lipinski definition) is 0. The second kappa shape index (κ2) is 9.24. The van der Waals surface area contributed by atoms with Crippen molar-refractivity contribution in [2.45, 2.75) is 39.0 Å². The van der Waals surface area contributed by atoms with E-state index in [0.29, 0.717) is 6.10 Å². The highest BCUT2D eigenvalue weighted by Gasteiger charge is 2.30. The molecule has 6 heteroatoms. The van der Waals surface area contributed by atoms with Crippen molar-refractivity contribution in [3.63, 3.8) is 0 Å². The summed E-state index contributed by atoms with van der Waals surface area (Å²) in [7, 11) is -1.92. The molecule has 0 saturated carbocycles. The van der Waals surface area contributed by atoms with Crippen LogP contribution in [0.1, 0.15) is 20.3 Å². The summed E-state index contributed by atoms with van der Waals surface area (Å²) in [5, 5.41) is 0. The summed E-state index contributed by atoms with van der Waals surface area (Å²) in [5.74, 6) is 0. The lowest BCUT2D eigenvalue weighted by Crippen LogP contribution is -2.38. The van der Waals surface area contributed by atoms with Gasteiger partial charge in [-0.2, -0.15) is 0 Å². The van der Waals surface area contributed by atoms with E-state index >= 15 is 0 Å². The predicted molar refractivity (Wildman–Crippen MR) is 76.2 cm³/mol. The molecule has 0 N–H and O–H groups in total. The molecule has 0 aromatic carbocycles. The van der Waals surface area contributed by atoms with Crippen LogP contribution in [0.25, 0.3) is 0 Å². The fourth-order valence-corrected chi connectivity index (χ4v) is 4.05. The van der Waals surface area contributed by atoms with Gasteiger partial charge in [-0.15, -0.1) is 0 Å². The van der Waals surface area contributed by atoms with Gasteiger partial charge in [0.1, 0.15) is 6.10 Å². The van der Waals surface area contributed by atoms with Crippen LogP contribution in [0.4, 0.5) is 0 Å². The average molecular weight is 281 g/mol. The smallest absolute Gasteiger partial charge is 0.334 e. The van der Waals surface area contributed by atoms with E-state index in [2.05, 4.69) is 6.55 Å². The summed E-state index contributed by atoms with van der Waals surface area (Å²) in [4.78, 5) is 0. The van der Waals surface area contributed by atoms with Gasteiger partial charge in [-0.05, 0) is 43.8 Å². The zero-order chi connectivity index (χ0) is 11.9. The number of rotatable bonds is 10. The second-order valence-electron chi connectivity index (χ2n) is 4.13. The first-order chi connectivity index (χ1) is 7.70. The lowest BCUT2D eigenvalue weighted by Gasteiger charge is -2.25. The van der Waals surface area contributed by atoms with Crippen LogP contribution >= 0.6 is 0 Å². The Balaban J connectivity index is 0.00000256. The van der Waals surface area contributed by atoms with E-state index in [9.17, 15) is 0 Å². The van der Waals surface area contributed by atoms with E-state index in [0.717, 1.165) is 45.5 Å². The molecule has 1 saturated heterocycles. The Bertz CT molecular complexity index is 182. The van der Waals surface area contributed by atoms with Crippen LogP contribution in [-0.4, -0.2) is 58.7 Å². The maximum Gasteiger partial charge on any atom is 0.334 e. The SMILES string of the molecule is CCO[Si](C)(CCCOCC1CO1)OCC.[SiH4]. The average Bonchev–Trinajstić information content (AvgIpc) is 3.02. The number of ether oxygens (including phenoxy) is 2. The molecule has 0 spiro atoms. The molecule has 1 atom stereocenters. The van der Waals surface area contributed by atoms with Crippen molar-refractivity contribution >= 4 is 19.5 Å². The Morgan fingerprint density at radius 3 is 2.29 bits per heavy atom. The van der Waals surface area contributed by atoms with E-state index in [1.54, 1.807) is 0 Å². The summed E-state index contributed by atoms with van der Waals surface area (Å²) in [6.45, 7) is 10.0. The van der Waals surface area contributed by atoms with Crippen LogP contribution in [0.15, 0.2) is 0 Å². The zero-order valence-electron chi connectivity index (χ0n) is 10.7. The molecule has 1 aliphatic rings. The van der Waals surface area contributed by atoms with Gasteiger partial charge in [-0.1, -0.05) is 0 Å². The fraction of sp³-hybridized carbons (Fsp3) is 1.00. The molecule has 0 bridgehead atoms. The molecule has 104 valence electrons. The van der Waals surface area contributed by atoms with E-state index < -0.39 is 8.56 Å². The highest BCUT2D eigenvalue weighted by atomic mass is 28.4. The molecule has 4 nitrogen and oxygen atoms in total. The zero-order valence-corrected chi connectivity index (χ0v) is 11.7. The maximum atomic E-state index is 5.75. The largest absolute Gasteiger partial charge is 0.395 e. The van der Waals surface area contributed by atoms with Gasteiger partial charge >= 0.3 is 8.56 Å². The van der Waals surface area contributed by atoms with Gasteiger partial charge < -0.3 is 18.3 Å². The molecule has 0 aliphatic carbocycles. The van der Waals surface area contributed by atoms with Crippen LogP contribution in [0.2, 0.25) is 12.6 Å². The van der Waals surface area contributed by atoms with Gasteiger partial charge in [-0.3, -0.25) is 0 Å². The Labute approximate surface area is 110 Å². The van der Waals surface area contributed by atoms with Crippen molar-refractivity contribution in [1.29, 1.82) is 0 Å². The Morgan fingerprint density at radius 1 is 1.24 bits per heavy atom. The maximum absolute atomic E-state index is 5.75. The molecular formula is C11H28O4Si2. The van der Waals surface area contributed by atoms with Gasteiger partial charge in [0.15, 0.2) is 0 Å². The third kappa shape index (κ3) is 8.07. The molecule has 0 aromatic heterocycles. The first kappa shape index (κ1) is 17.3. The quantitative estimate of drug-likeness (QED) is 0.332. The molecule has 1 rings (SSSR count). The van der Waals surface area contributed by atoms with Crippen LogP contribution in [0.5, 0.6) is 0 Å². The monoisotopic (exact) mass is 280 g/mol. The number of epoxide rings is 1. The van der Waals surface area contributed by atoms with Gasteiger partial charge in [0.05, 0.1) is 13.2 Å². The van der Waals surface area contributed by atoms with Crippen LogP contribution in [-0.2, 0) is 18.3 Å². The van der Waals surface area contributed by atoms with Gasteiger partial charge in [0, 0.05) is 19.8 Å². The lowest BCUT2D eigenvalue weighted by atomic mass is 10.5. The van der Waals surface area contributed by atoms with E-state index in [1.165, 1.54) is 0 Å². The molecule has 1 fully saturated rings. The summed E-state index contributed by atoms with van der Waals surface area (Å²) < 4.78 is 22.1. The highest BCUT2D eigenvalue weighted by molar-refractivity contribution is 6.66. The summed E-state index contributed by atoms with van der Waals surface area (Å²) in [5.41, 5.74) is 0. The molecule has 17 heavy (non-hydrogen) atoms. The fourth-order valence-electron chi connectivity index (χ4n) is 1.67. The summed E-state index contributed by atoms with van der Waals surface area (Å²) in [6, 6.07) is 1.00. The van der Waals surface area contributed by atoms with Crippen LogP contribution < -0.4 is 0 Å². The van der Waals surface area contributed by atoms with Crippen LogP contribution in [0.3, 0.4) is 0 Å². The minimum absolute atomic E-state index is 0. The molecule has 0 radical (unpaired) electrons. The minimum atomic E-state index is -1.92. The second-order valence-corrected chi connectivity index (χ2v) is 7.48. The number of hydrogen-bond acceptors (Lipinski definition) is 4. The van der Waals surface area contributed by atoms with Crippen molar-refractivity contribution in [2.24, 2.45) is 0 Å². The summed E-state index contributed by atoms with van der Waals surface area (Å²) in [6.07, 6.45) is 1.37. The van der Waals surface area contributed by atoms with Crippen molar-refractivity contribution in [3.05, 3.63) is 0 Å². The van der Waals surface area contributed by atoms with E-state index in [4.69, 9.17) is 18.3 Å². The third-order valence-electron chi connectivity index (χ3n) is 2.53. The van der Waals surface area contributed by atoms with Crippen molar-refractivity contribution in [3.8, 4) is 0 Å². The van der Waals surface area contributed by atoms with Crippen LogP contribution in [0, 0.1) is 0 Å². The predicted octanol–water partition coefficient (Wildman–Crippen LogP) is 0.485. The minimum Gasteiger partial charge on any atom is -0.395 e. The highest BCUT2D eigenvalue weighted by Crippen LogP contribution is 2.16. The van der Waals surface area contributed by atoms with Crippen molar-refractivity contribution in [1.82, 2.24) is 0 Å². The van der Waals surface area contributed by atoms with E-state index in [1.807, 2.05) is 13.8 Å². The molecule has 1 aliphatic heterocycles. The topological polar surface area (TPSA) is 40.2 Å².